The number of hydrogen-bond acceptors (Lipinski definition) is 4. The van der Waals surface area contributed by atoms with E-state index >= 15 is 0 Å². The molecule has 120 valence electrons. The fraction of sp³-hybridized carbons (Fsp3) is 0.588. The minimum Gasteiger partial charge on any atom is -0.497 e. The number of benzene rings is 1. The van der Waals surface area contributed by atoms with Crippen molar-refractivity contribution >= 4 is 11.6 Å². The second kappa shape index (κ2) is 7.01. The summed E-state index contributed by atoms with van der Waals surface area (Å²) in [6.45, 7) is 2.56. The van der Waals surface area contributed by atoms with Crippen molar-refractivity contribution in [1.82, 2.24) is 5.32 Å². The molecule has 0 radical (unpaired) electrons. The second-order valence-electron chi connectivity index (χ2n) is 6.00. The standard InChI is InChI=1S/C17H24N2O3/c1-21-15-7-2-6-14(11-15)19-9-3-5-13(12-19)18-17(20)16-8-4-10-22-16/h2,6-7,11,13,16H,3-5,8-10,12H2,1H3,(H,18,20)/t13-,16+/m1/s1. The van der Waals surface area contributed by atoms with Crippen molar-refractivity contribution in [1.29, 1.82) is 0 Å². The van der Waals surface area contributed by atoms with E-state index in [0.717, 1.165) is 50.2 Å². The Hall–Kier alpha value is -1.75. The fourth-order valence-corrected chi connectivity index (χ4v) is 3.22. The Kier molecular flexibility index (Phi) is 4.83. The van der Waals surface area contributed by atoms with Crippen molar-refractivity contribution in [2.75, 3.05) is 31.7 Å². The number of rotatable bonds is 4. The van der Waals surface area contributed by atoms with E-state index in [2.05, 4.69) is 16.3 Å². The number of carbonyl (C=O) groups excluding carboxylic acids is 1. The molecule has 2 fully saturated rings. The highest BCUT2D eigenvalue weighted by Gasteiger charge is 2.27. The van der Waals surface area contributed by atoms with Crippen LogP contribution in [-0.4, -0.2) is 44.9 Å². The van der Waals surface area contributed by atoms with E-state index in [1.165, 1.54) is 0 Å². The largest absolute Gasteiger partial charge is 0.497 e. The second-order valence-corrected chi connectivity index (χ2v) is 6.00. The maximum Gasteiger partial charge on any atom is 0.249 e. The molecule has 2 heterocycles. The number of hydrogen-bond donors (Lipinski definition) is 1. The van der Waals surface area contributed by atoms with E-state index in [4.69, 9.17) is 9.47 Å². The molecule has 1 aromatic carbocycles. The van der Waals surface area contributed by atoms with Crippen molar-refractivity contribution in [3.8, 4) is 5.75 Å². The molecule has 5 heteroatoms. The number of nitrogens with one attached hydrogen (secondary N) is 1. The lowest BCUT2D eigenvalue weighted by atomic mass is 10.0. The number of amides is 1. The van der Waals surface area contributed by atoms with Gasteiger partial charge in [0.2, 0.25) is 5.91 Å². The Balaban J connectivity index is 1.59. The van der Waals surface area contributed by atoms with Gasteiger partial charge in [0.15, 0.2) is 0 Å². The SMILES string of the molecule is COc1cccc(N2CCC[C@@H](NC(=O)[C@@H]3CCCO3)C2)c1. The summed E-state index contributed by atoms with van der Waals surface area (Å²) in [5.74, 6) is 0.915. The third-order valence-electron chi connectivity index (χ3n) is 4.41. The Morgan fingerprint density at radius 2 is 2.27 bits per heavy atom. The summed E-state index contributed by atoms with van der Waals surface area (Å²) in [7, 11) is 1.68. The molecular weight excluding hydrogens is 280 g/mol. The number of methoxy groups -OCH3 is 1. The summed E-state index contributed by atoms with van der Waals surface area (Å²) in [5.41, 5.74) is 1.15. The van der Waals surface area contributed by atoms with Crippen LogP contribution in [0.5, 0.6) is 5.75 Å². The molecule has 0 spiro atoms. The highest BCUT2D eigenvalue weighted by atomic mass is 16.5. The third-order valence-corrected chi connectivity index (χ3v) is 4.41. The van der Waals surface area contributed by atoms with Crippen LogP contribution in [0.3, 0.4) is 0 Å². The first kappa shape index (κ1) is 15.2. The molecule has 0 bridgehead atoms. The molecule has 0 unspecified atom stereocenters. The number of nitrogens with zero attached hydrogens (tertiary/aromatic N) is 1. The van der Waals surface area contributed by atoms with Crippen molar-refractivity contribution in [2.45, 2.75) is 37.8 Å². The number of ether oxygens (including phenoxy) is 2. The van der Waals surface area contributed by atoms with Gasteiger partial charge < -0.3 is 19.7 Å². The molecule has 0 aromatic heterocycles. The monoisotopic (exact) mass is 304 g/mol. The Morgan fingerprint density at radius 3 is 3.05 bits per heavy atom. The van der Waals surface area contributed by atoms with Crippen molar-refractivity contribution < 1.29 is 14.3 Å². The normalized spacial score (nSPS) is 25.0. The number of piperidine rings is 1. The van der Waals surface area contributed by atoms with Gasteiger partial charge in [0.05, 0.1) is 7.11 Å². The van der Waals surface area contributed by atoms with E-state index in [0.29, 0.717) is 6.61 Å². The van der Waals surface area contributed by atoms with Gasteiger partial charge in [-0.25, -0.2) is 0 Å². The Morgan fingerprint density at radius 1 is 1.36 bits per heavy atom. The summed E-state index contributed by atoms with van der Waals surface area (Å²) in [6.07, 6.45) is 3.69. The quantitative estimate of drug-likeness (QED) is 0.924. The average molecular weight is 304 g/mol. The van der Waals surface area contributed by atoms with Crippen molar-refractivity contribution in [3.05, 3.63) is 24.3 Å². The van der Waals surface area contributed by atoms with Crippen LogP contribution in [0.2, 0.25) is 0 Å². The maximum atomic E-state index is 12.2. The van der Waals surface area contributed by atoms with Gasteiger partial charge in [-0.1, -0.05) is 6.07 Å². The van der Waals surface area contributed by atoms with Crippen LogP contribution in [0.15, 0.2) is 24.3 Å². The van der Waals surface area contributed by atoms with Gasteiger partial charge >= 0.3 is 0 Å². The van der Waals surface area contributed by atoms with Gasteiger partial charge in [0.1, 0.15) is 11.9 Å². The average Bonchev–Trinajstić information content (AvgIpc) is 3.10. The van der Waals surface area contributed by atoms with Crippen molar-refractivity contribution in [2.24, 2.45) is 0 Å². The Bertz CT molecular complexity index is 514. The van der Waals surface area contributed by atoms with Gasteiger partial charge in [-0.15, -0.1) is 0 Å². The lowest BCUT2D eigenvalue weighted by Crippen LogP contribution is -2.50. The fourth-order valence-electron chi connectivity index (χ4n) is 3.22. The van der Waals surface area contributed by atoms with Gasteiger partial charge in [-0.05, 0) is 37.8 Å². The molecule has 2 atom stereocenters. The zero-order valence-electron chi connectivity index (χ0n) is 13.1. The molecule has 1 amide bonds. The van der Waals surface area contributed by atoms with Gasteiger partial charge in [0, 0.05) is 37.5 Å². The van der Waals surface area contributed by atoms with Crippen molar-refractivity contribution in [3.63, 3.8) is 0 Å². The van der Waals surface area contributed by atoms with E-state index in [1.807, 2.05) is 18.2 Å². The highest BCUT2D eigenvalue weighted by molar-refractivity contribution is 5.81. The molecular formula is C17H24N2O3. The molecule has 2 aliphatic rings. The smallest absolute Gasteiger partial charge is 0.249 e. The summed E-state index contributed by atoms with van der Waals surface area (Å²) in [6, 6.07) is 8.28. The molecule has 1 aromatic rings. The zero-order valence-corrected chi connectivity index (χ0v) is 13.1. The van der Waals surface area contributed by atoms with Crippen LogP contribution < -0.4 is 15.0 Å². The van der Waals surface area contributed by atoms with Crippen LogP contribution in [0, 0.1) is 0 Å². The summed E-state index contributed by atoms with van der Waals surface area (Å²) < 4.78 is 10.7. The van der Waals surface area contributed by atoms with Crippen LogP contribution in [0.4, 0.5) is 5.69 Å². The first-order valence-electron chi connectivity index (χ1n) is 8.07. The van der Waals surface area contributed by atoms with Gasteiger partial charge in [0.25, 0.3) is 0 Å². The molecule has 2 saturated heterocycles. The van der Waals surface area contributed by atoms with Gasteiger partial charge in [-0.2, -0.15) is 0 Å². The number of carbonyl (C=O) groups is 1. The maximum absolute atomic E-state index is 12.2. The predicted octanol–water partition coefficient (Wildman–Crippen LogP) is 1.96. The minimum atomic E-state index is -0.243. The molecule has 22 heavy (non-hydrogen) atoms. The molecule has 2 aliphatic heterocycles. The molecule has 1 N–H and O–H groups in total. The zero-order chi connectivity index (χ0) is 15.4. The van der Waals surface area contributed by atoms with Gasteiger partial charge in [-0.3, -0.25) is 4.79 Å². The highest BCUT2D eigenvalue weighted by Crippen LogP contribution is 2.24. The van der Waals surface area contributed by atoms with Crippen LogP contribution >= 0.6 is 0 Å². The molecule has 3 rings (SSSR count). The number of anilines is 1. The molecule has 0 aliphatic carbocycles. The van der Waals surface area contributed by atoms with E-state index in [-0.39, 0.29) is 18.1 Å². The van der Waals surface area contributed by atoms with Crippen LogP contribution in [0.1, 0.15) is 25.7 Å². The summed E-state index contributed by atoms with van der Waals surface area (Å²) >= 11 is 0. The molecule has 5 nitrogen and oxygen atoms in total. The molecule has 0 saturated carbocycles. The minimum absolute atomic E-state index is 0.0509. The topological polar surface area (TPSA) is 50.8 Å². The van der Waals surface area contributed by atoms with E-state index in [9.17, 15) is 4.79 Å². The Labute approximate surface area is 131 Å². The third kappa shape index (κ3) is 3.53. The van der Waals surface area contributed by atoms with E-state index in [1.54, 1.807) is 7.11 Å². The van der Waals surface area contributed by atoms with Crippen LogP contribution in [-0.2, 0) is 9.53 Å². The summed E-state index contributed by atoms with van der Waals surface area (Å²) in [4.78, 5) is 14.5. The first-order chi connectivity index (χ1) is 10.8. The van der Waals surface area contributed by atoms with E-state index < -0.39 is 0 Å². The van der Waals surface area contributed by atoms with Crippen LogP contribution in [0.25, 0.3) is 0 Å². The lowest BCUT2D eigenvalue weighted by Gasteiger charge is -2.35. The first-order valence-corrected chi connectivity index (χ1v) is 8.07. The lowest BCUT2D eigenvalue weighted by molar-refractivity contribution is -0.130. The summed E-state index contributed by atoms with van der Waals surface area (Å²) in [5, 5.41) is 3.15. The predicted molar refractivity (Wildman–Crippen MR) is 85.3 cm³/mol.